The molecule has 0 saturated heterocycles. The molecule has 2 heterocycles. The first-order valence-corrected chi connectivity index (χ1v) is 8.45. The van der Waals surface area contributed by atoms with Crippen LogP contribution in [0.1, 0.15) is 28.5 Å². The summed E-state index contributed by atoms with van der Waals surface area (Å²) in [6.07, 6.45) is 5.33. The van der Waals surface area contributed by atoms with Crippen LogP contribution in [0.15, 0.2) is 55.0 Å². The smallest absolute Gasteiger partial charge is 0.254 e. The van der Waals surface area contributed by atoms with E-state index in [1.807, 2.05) is 46.7 Å². The highest BCUT2D eigenvalue weighted by Gasteiger charge is 2.15. The fraction of sp³-hybridized carbons (Fsp3) is 0.316. The van der Waals surface area contributed by atoms with Crippen molar-refractivity contribution in [1.29, 1.82) is 0 Å². The van der Waals surface area contributed by atoms with Gasteiger partial charge in [0.15, 0.2) is 0 Å². The average molecular weight is 337 g/mol. The molecule has 1 amide bonds. The lowest BCUT2D eigenvalue weighted by atomic mass is 10.1. The van der Waals surface area contributed by atoms with Gasteiger partial charge >= 0.3 is 0 Å². The average Bonchev–Trinajstić information content (AvgIpc) is 3.24. The summed E-state index contributed by atoms with van der Waals surface area (Å²) in [5.74, 6) is 0.215. The summed E-state index contributed by atoms with van der Waals surface area (Å²) in [5.41, 5.74) is 2.66. The maximum absolute atomic E-state index is 12.5. The molecule has 3 rings (SSSR count). The van der Waals surface area contributed by atoms with Crippen molar-refractivity contribution in [3.63, 3.8) is 0 Å². The van der Waals surface area contributed by atoms with E-state index in [9.17, 15) is 4.79 Å². The van der Waals surface area contributed by atoms with Crippen molar-refractivity contribution in [2.75, 3.05) is 6.54 Å². The van der Waals surface area contributed by atoms with Gasteiger partial charge in [0, 0.05) is 31.2 Å². The number of hydrogen-bond acceptors (Lipinski definition) is 3. The number of rotatable bonds is 7. The molecule has 0 bridgehead atoms. The molecule has 0 aliphatic carbocycles. The van der Waals surface area contributed by atoms with Crippen LogP contribution < -0.4 is 5.32 Å². The van der Waals surface area contributed by atoms with E-state index in [1.54, 1.807) is 12.4 Å². The van der Waals surface area contributed by atoms with Crippen LogP contribution in [0.3, 0.4) is 0 Å². The zero-order valence-corrected chi connectivity index (χ0v) is 14.6. The molecule has 25 heavy (non-hydrogen) atoms. The highest BCUT2D eigenvalue weighted by Crippen LogP contribution is 2.10. The summed E-state index contributed by atoms with van der Waals surface area (Å²) in [6.45, 7) is 6.06. The molecule has 0 fully saturated rings. The van der Waals surface area contributed by atoms with Gasteiger partial charge in [0.05, 0.1) is 18.3 Å². The van der Waals surface area contributed by atoms with Gasteiger partial charge in [0.2, 0.25) is 0 Å². The van der Waals surface area contributed by atoms with Gasteiger partial charge in [-0.1, -0.05) is 37.3 Å². The number of carbonyl (C=O) groups is 1. The molecule has 0 aliphatic heterocycles. The van der Waals surface area contributed by atoms with Crippen LogP contribution in [0.2, 0.25) is 0 Å². The van der Waals surface area contributed by atoms with E-state index in [4.69, 9.17) is 0 Å². The van der Waals surface area contributed by atoms with Gasteiger partial charge in [-0.25, -0.2) is 0 Å². The number of carbonyl (C=O) groups excluding carboxylic acids is 1. The highest BCUT2D eigenvalue weighted by atomic mass is 16.1. The Kier molecular flexibility index (Phi) is 5.28. The van der Waals surface area contributed by atoms with Gasteiger partial charge in [-0.3, -0.25) is 14.2 Å². The third-order valence-corrected chi connectivity index (χ3v) is 4.19. The molecule has 6 heteroatoms. The van der Waals surface area contributed by atoms with E-state index >= 15 is 0 Å². The van der Waals surface area contributed by atoms with Gasteiger partial charge in [-0.15, -0.1) is 0 Å². The zero-order chi connectivity index (χ0) is 17.6. The molecular weight excluding hydrogens is 314 g/mol. The molecule has 0 radical (unpaired) electrons. The maximum Gasteiger partial charge on any atom is 0.254 e. The fourth-order valence-electron chi connectivity index (χ4n) is 2.74. The van der Waals surface area contributed by atoms with Crippen molar-refractivity contribution in [3.05, 3.63) is 71.8 Å². The number of nitrogens with one attached hydrogen (secondary N) is 1. The van der Waals surface area contributed by atoms with Crippen LogP contribution in [0, 0.1) is 12.8 Å². The van der Waals surface area contributed by atoms with Crippen molar-refractivity contribution < 1.29 is 4.79 Å². The molecule has 0 aliphatic rings. The number of amides is 1. The molecule has 6 nitrogen and oxygen atoms in total. The molecule has 1 N–H and O–H groups in total. The zero-order valence-electron chi connectivity index (χ0n) is 14.6. The van der Waals surface area contributed by atoms with E-state index in [0.717, 1.165) is 17.8 Å². The predicted octanol–water partition coefficient (Wildman–Crippen LogP) is 2.50. The Hall–Kier alpha value is -2.89. The molecule has 0 saturated carbocycles. The van der Waals surface area contributed by atoms with Crippen molar-refractivity contribution in [2.24, 2.45) is 5.92 Å². The van der Waals surface area contributed by atoms with E-state index < -0.39 is 0 Å². The lowest BCUT2D eigenvalue weighted by Crippen LogP contribution is -2.30. The molecule has 0 spiro atoms. The van der Waals surface area contributed by atoms with Crippen LogP contribution in [0.5, 0.6) is 0 Å². The van der Waals surface area contributed by atoms with Gasteiger partial charge in [-0.05, 0) is 24.5 Å². The quantitative estimate of drug-likeness (QED) is 0.720. The minimum Gasteiger partial charge on any atom is -0.352 e. The first kappa shape index (κ1) is 17.0. The second kappa shape index (κ2) is 7.79. The lowest BCUT2D eigenvalue weighted by Gasteiger charge is -2.12. The molecular formula is C19H23N5O. The summed E-state index contributed by atoms with van der Waals surface area (Å²) >= 11 is 0. The Balaban J connectivity index is 1.57. The molecule has 2 aromatic heterocycles. The highest BCUT2D eigenvalue weighted by molar-refractivity contribution is 5.95. The van der Waals surface area contributed by atoms with Gasteiger partial charge < -0.3 is 5.32 Å². The summed E-state index contributed by atoms with van der Waals surface area (Å²) in [6, 6.07) is 12.0. The Bertz CT molecular complexity index is 808. The molecule has 1 atom stereocenters. The van der Waals surface area contributed by atoms with Crippen LogP contribution in [-0.4, -0.2) is 32.0 Å². The van der Waals surface area contributed by atoms with E-state index in [0.29, 0.717) is 24.6 Å². The predicted molar refractivity (Wildman–Crippen MR) is 96.2 cm³/mol. The van der Waals surface area contributed by atoms with E-state index in [2.05, 4.69) is 34.6 Å². The monoisotopic (exact) mass is 337 g/mol. The Morgan fingerprint density at radius 2 is 2.00 bits per heavy atom. The molecule has 1 unspecified atom stereocenters. The summed E-state index contributed by atoms with van der Waals surface area (Å²) in [7, 11) is 0. The summed E-state index contributed by atoms with van der Waals surface area (Å²) < 4.78 is 3.73. The van der Waals surface area contributed by atoms with E-state index in [1.165, 1.54) is 0 Å². The van der Waals surface area contributed by atoms with Crippen molar-refractivity contribution in [3.8, 4) is 0 Å². The summed E-state index contributed by atoms with van der Waals surface area (Å²) in [4.78, 5) is 12.5. The molecule has 130 valence electrons. The van der Waals surface area contributed by atoms with Crippen molar-refractivity contribution in [2.45, 2.75) is 26.9 Å². The second-order valence-electron chi connectivity index (χ2n) is 6.33. The van der Waals surface area contributed by atoms with Gasteiger partial charge in [-0.2, -0.15) is 10.2 Å². The van der Waals surface area contributed by atoms with Crippen molar-refractivity contribution >= 4 is 5.91 Å². The standard InChI is InChI=1S/C19H23N5O/c1-15(13-23-10-6-9-21-23)11-20-19(25)18-12-22-24(16(18)2)14-17-7-4-3-5-8-17/h3-10,12,15H,11,13-14H2,1-2H3,(H,20,25). The second-order valence-corrected chi connectivity index (χ2v) is 6.33. The Morgan fingerprint density at radius 1 is 1.20 bits per heavy atom. The Labute approximate surface area is 147 Å². The fourth-order valence-corrected chi connectivity index (χ4v) is 2.74. The maximum atomic E-state index is 12.5. The first-order chi connectivity index (χ1) is 12.1. The van der Waals surface area contributed by atoms with Crippen LogP contribution in [0.4, 0.5) is 0 Å². The van der Waals surface area contributed by atoms with Crippen LogP contribution in [-0.2, 0) is 13.1 Å². The summed E-state index contributed by atoms with van der Waals surface area (Å²) in [5, 5.41) is 11.5. The third kappa shape index (κ3) is 4.35. The van der Waals surface area contributed by atoms with Crippen molar-refractivity contribution in [1.82, 2.24) is 24.9 Å². The normalized spacial score (nSPS) is 12.1. The van der Waals surface area contributed by atoms with Gasteiger partial charge in [0.1, 0.15) is 0 Å². The molecule has 1 aromatic carbocycles. The molecule has 3 aromatic rings. The minimum atomic E-state index is -0.0795. The van der Waals surface area contributed by atoms with E-state index in [-0.39, 0.29) is 5.91 Å². The van der Waals surface area contributed by atoms with Gasteiger partial charge in [0.25, 0.3) is 5.91 Å². The minimum absolute atomic E-state index is 0.0795. The van der Waals surface area contributed by atoms with Crippen LogP contribution >= 0.6 is 0 Å². The SMILES string of the molecule is Cc1c(C(=O)NCC(C)Cn2cccn2)cnn1Cc1ccccc1. The number of nitrogens with zero attached hydrogens (tertiary/aromatic N) is 4. The largest absolute Gasteiger partial charge is 0.352 e. The number of hydrogen-bond donors (Lipinski definition) is 1. The van der Waals surface area contributed by atoms with Crippen LogP contribution in [0.25, 0.3) is 0 Å². The Morgan fingerprint density at radius 3 is 2.72 bits per heavy atom. The number of benzene rings is 1. The lowest BCUT2D eigenvalue weighted by molar-refractivity contribution is 0.0946. The topological polar surface area (TPSA) is 64.7 Å². The number of aromatic nitrogens is 4. The third-order valence-electron chi connectivity index (χ3n) is 4.19. The first-order valence-electron chi connectivity index (χ1n) is 8.45.